The average molecular weight is 271 g/mol. The van der Waals surface area contributed by atoms with Crippen molar-refractivity contribution in [2.24, 2.45) is 7.05 Å². The van der Waals surface area contributed by atoms with Gasteiger partial charge >= 0.3 is 0 Å². The number of aryl methyl sites for hydroxylation is 1. The fourth-order valence-electron chi connectivity index (χ4n) is 2.33. The van der Waals surface area contributed by atoms with Crippen molar-refractivity contribution in [2.45, 2.75) is 0 Å². The van der Waals surface area contributed by atoms with Crippen LogP contribution in [0.4, 0.5) is 10.2 Å². The first kappa shape index (κ1) is 12.6. The molecular formula is C15H14FN3O. The van der Waals surface area contributed by atoms with Crippen LogP contribution in [0, 0.1) is 5.82 Å². The molecule has 0 fully saturated rings. The molecule has 0 amide bonds. The third-order valence-electron chi connectivity index (χ3n) is 3.44. The normalized spacial score (nSPS) is 14.5. The second kappa shape index (κ2) is 4.92. The van der Waals surface area contributed by atoms with Crippen LogP contribution in [0.2, 0.25) is 0 Å². The largest absolute Gasteiger partial charge is 0.344 e. The molecule has 0 aliphatic carbocycles. The summed E-state index contributed by atoms with van der Waals surface area (Å²) in [5.41, 5.74) is 1.33. The highest BCUT2D eigenvalue weighted by molar-refractivity contribution is 5.73. The van der Waals surface area contributed by atoms with Crippen molar-refractivity contribution >= 4 is 11.4 Å². The Morgan fingerprint density at radius 1 is 1.30 bits per heavy atom. The van der Waals surface area contributed by atoms with E-state index in [-0.39, 0.29) is 11.4 Å². The lowest BCUT2D eigenvalue weighted by atomic mass is 10.1. The molecule has 3 rings (SSSR count). The van der Waals surface area contributed by atoms with Crippen LogP contribution >= 0.6 is 0 Å². The second-order valence-electron chi connectivity index (χ2n) is 4.76. The lowest BCUT2D eigenvalue weighted by Gasteiger charge is -2.17. The number of hydrogen-bond acceptors (Lipinski definition) is 3. The van der Waals surface area contributed by atoms with Crippen LogP contribution in [0.5, 0.6) is 0 Å². The van der Waals surface area contributed by atoms with Crippen LogP contribution in [0.3, 0.4) is 0 Å². The summed E-state index contributed by atoms with van der Waals surface area (Å²) in [6.07, 6.45) is 5.15. The van der Waals surface area contributed by atoms with Gasteiger partial charge < -0.3 is 9.47 Å². The van der Waals surface area contributed by atoms with Gasteiger partial charge in [-0.25, -0.2) is 9.37 Å². The van der Waals surface area contributed by atoms with Crippen LogP contribution in [0.15, 0.2) is 47.5 Å². The highest BCUT2D eigenvalue weighted by atomic mass is 19.1. The van der Waals surface area contributed by atoms with Gasteiger partial charge in [-0.3, -0.25) is 4.79 Å². The molecule has 4 nitrogen and oxygen atoms in total. The van der Waals surface area contributed by atoms with Crippen LogP contribution in [0.1, 0.15) is 5.56 Å². The lowest BCUT2D eigenvalue weighted by Crippen LogP contribution is -2.30. The minimum atomic E-state index is -0.241. The fourth-order valence-corrected chi connectivity index (χ4v) is 2.33. The molecule has 0 saturated heterocycles. The molecule has 20 heavy (non-hydrogen) atoms. The van der Waals surface area contributed by atoms with Crippen LogP contribution in [-0.2, 0) is 7.05 Å². The van der Waals surface area contributed by atoms with E-state index in [0.29, 0.717) is 24.5 Å². The number of benzene rings is 1. The minimum absolute atomic E-state index is 0.143. The summed E-state index contributed by atoms with van der Waals surface area (Å²) < 4.78 is 15.3. The zero-order chi connectivity index (χ0) is 14.1. The Morgan fingerprint density at radius 2 is 2.10 bits per heavy atom. The molecule has 0 spiro atoms. The monoisotopic (exact) mass is 271 g/mol. The summed E-state index contributed by atoms with van der Waals surface area (Å²) in [4.78, 5) is 18.0. The molecular weight excluding hydrogens is 257 g/mol. The molecule has 0 radical (unpaired) electrons. The molecule has 1 aliphatic rings. The predicted molar refractivity (Wildman–Crippen MR) is 76.1 cm³/mol. The summed E-state index contributed by atoms with van der Waals surface area (Å²) >= 11 is 0. The number of anilines is 1. The maximum absolute atomic E-state index is 13.8. The van der Waals surface area contributed by atoms with Gasteiger partial charge in [0, 0.05) is 38.1 Å². The molecule has 2 heterocycles. The zero-order valence-corrected chi connectivity index (χ0v) is 11.1. The van der Waals surface area contributed by atoms with E-state index in [0.717, 1.165) is 5.57 Å². The minimum Gasteiger partial charge on any atom is -0.344 e. The van der Waals surface area contributed by atoms with E-state index in [1.54, 1.807) is 31.6 Å². The Hall–Kier alpha value is -2.43. The van der Waals surface area contributed by atoms with Gasteiger partial charge in [0.05, 0.1) is 0 Å². The average Bonchev–Trinajstić information content (AvgIpc) is 2.92. The molecule has 0 unspecified atom stereocenters. The number of rotatable bonds is 2. The molecule has 0 saturated carbocycles. The molecule has 0 atom stereocenters. The number of aromatic nitrogens is 2. The van der Waals surface area contributed by atoms with Crippen molar-refractivity contribution < 1.29 is 4.39 Å². The van der Waals surface area contributed by atoms with Crippen LogP contribution in [0.25, 0.3) is 5.57 Å². The topological polar surface area (TPSA) is 38.1 Å². The van der Waals surface area contributed by atoms with E-state index < -0.39 is 0 Å². The number of halogens is 1. The molecule has 1 aromatic heterocycles. The Labute approximate surface area is 115 Å². The van der Waals surface area contributed by atoms with Gasteiger partial charge in [0.15, 0.2) is 5.82 Å². The summed E-state index contributed by atoms with van der Waals surface area (Å²) in [5, 5.41) is 0. The third kappa shape index (κ3) is 2.11. The van der Waals surface area contributed by atoms with Crippen molar-refractivity contribution in [3.63, 3.8) is 0 Å². The maximum atomic E-state index is 13.8. The first-order valence-corrected chi connectivity index (χ1v) is 6.37. The van der Waals surface area contributed by atoms with Crippen molar-refractivity contribution in [1.82, 2.24) is 9.55 Å². The molecule has 0 bridgehead atoms. The second-order valence-corrected chi connectivity index (χ2v) is 4.76. The predicted octanol–water partition coefficient (Wildman–Crippen LogP) is 1.82. The molecule has 0 N–H and O–H groups in total. The maximum Gasteiger partial charge on any atom is 0.293 e. The van der Waals surface area contributed by atoms with Gasteiger partial charge in [0.1, 0.15) is 5.82 Å². The molecule has 1 aliphatic heterocycles. The zero-order valence-electron chi connectivity index (χ0n) is 11.1. The smallest absolute Gasteiger partial charge is 0.293 e. The summed E-state index contributed by atoms with van der Waals surface area (Å²) in [7, 11) is 1.69. The van der Waals surface area contributed by atoms with E-state index >= 15 is 0 Å². The van der Waals surface area contributed by atoms with E-state index in [1.807, 2.05) is 17.0 Å². The SMILES string of the molecule is Cn1ccnc(N2CC=C(c3ccccc3F)C2)c1=O. The number of nitrogens with zero attached hydrogens (tertiary/aromatic N) is 3. The van der Waals surface area contributed by atoms with Crippen molar-refractivity contribution in [2.75, 3.05) is 18.0 Å². The van der Waals surface area contributed by atoms with Gasteiger partial charge in [0.2, 0.25) is 0 Å². The van der Waals surface area contributed by atoms with E-state index in [9.17, 15) is 9.18 Å². The van der Waals surface area contributed by atoms with Crippen molar-refractivity contribution in [3.05, 3.63) is 64.5 Å². The quantitative estimate of drug-likeness (QED) is 0.836. The van der Waals surface area contributed by atoms with Gasteiger partial charge in [-0.05, 0) is 11.6 Å². The molecule has 1 aromatic carbocycles. The van der Waals surface area contributed by atoms with Crippen LogP contribution < -0.4 is 10.5 Å². The van der Waals surface area contributed by atoms with Crippen LogP contribution in [-0.4, -0.2) is 22.6 Å². The summed E-state index contributed by atoms with van der Waals surface area (Å²) in [6, 6.07) is 6.67. The lowest BCUT2D eigenvalue weighted by molar-refractivity contribution is 0.623. The van der Waals surface area contributed by atoms with Crippen molar-refractivity contribution in [3.8, 4) is 0 Å². The van der Waals surface area contributed by atoms with Gasteiger partial charge in [-0.2, -0.15) is 0 Å². The summed E-state index contributed by atoms with van der Waals surface area (Å²) in [5.74, 6) is 0.159. The molecule has 102 valence electrons. The fraction of sp³-hybridized carbons (Fsp3) is 0.200. The number of hydrogen-bond donors (Lipinski definition) is 0. The molecule has 2 aromatic rings. The third-order valence-corrected chi connectivity index (χ3v) is 3.44. The van der Waals surface area contributed by atoms with E-state index in [1.165, 1.54) is 10.6 Å². The van der Waals surface area contributed by atoms with E-state index in [2.05, 4.69) is 4.98 Å². The Balaban J connectivity index is 1.88. The van der Waals surface area contributed by atoms with Crippen molar-refractivity contribution in [1.29, 1.82) is 0 Å². The first-order valence-electron chi connectivity index (χ1n) is 6.37. The standard InChI is InChI=1S/C15H14FN3O/c1-18-9-7-17-14(15(18)20)19-8-6-11(10-19)12-4-2-3-5-13(12)16/h2-7,9H,8,10H2,1H3. The summed E-state index contributed by atoms with van der Waals surface area (Å²) in [6.45, 7) is 1.06. The Morgan fingerprint density at radius 3 is 2.90 bits per heavy atom. The highest BCUT2D eigenvalue weighted by Gasteiger charge is 2.21. The van der Waals surface area contributed by atoms with E-state index in [4.69, 9.17) is 0 Å². The van der Waals surface area contributed by atoms with Gasteiger partial charge in [-0.1, -0.05) is 24.3 Å². The highest BCUT2D eigenvalue weighted by Crippen LogP contribution is 2.24. The Kier molecular flexibility index (Phi) is 3.10. The van der Waals surface area contributed by atoms with Gasteiger partial charge in [0.25, 0.3) is 5.56 Å². The molecule has 5 heteroatoms. The Bertz CT molecular complexity index is 736. The van der Waals surface area contributed by atoms with Gasteiger partial charge in [-0.15, -0.1) is 0 Å². The first-order chi connectivity index (χ1) is 9.66.